The number of nitrogens with zero attached hydrogens (tertiary/aromatic N) is 1. The molecule has 0 heterocycles. The smallest absolute Gasteiger partial charge is 0.323 e. The number of anilines is 2. The molecule has 98 valence electrons. The molecule has 0 fully saturated rings. The van der Waals surface area contributed by atoms with Gasteiger partial charge in [-0.1, -0.05) is 19.1 Å². The minimum absolute atomic E-state index is 0.324. The van der Waals surface area contributed by atoms with Crippen molar-refractivity contribution >= 4 is 23.3 Å². The first kappa shape index (κ1) is 13.8. The normalized spacial score (nSPS) is 11.8. The molecule has 1 rings (SSSR count). The molecule has 0 aliphatic rings. The molecule has 6 nitrogen and oxygen atoms in total. The van der Waals surface area contributed by atoms with Gasteiger partial charge in [0, 0.05) is 0 Å². The number of amides is 1. The first-order valence-corrected chi connectivity index (χ1v) is 5.59. The molecule has 1 amide bonds. The molecule has 0 aromatic heterocycles. The molecule has 1 atom stereocenters. The molecular formula is C12H17N3O3. The third-order valence-electron chi connectivity index (χ3n) is 2.64. The van der Waals surface area contributed by atoms with Crippen molar-refractivity contribution in [2.45, 2.75) is 19.4 Å². The fraction of sp³-hybridized carbons (Fsp3) is 0.333. The van der Waals surface area contributed by atoms with Crippen molar-refractivity contribution in [3.63, 3.8) is 0 Å². The van der Waals surface area contributed by atoms with Crippen LogP contribution in [0.2, 0.25) is 0 Å². The van der Waals surface area contributed by atoms with Gasteiger partial charge in [-0.2, -0.15) is 0 Å². The quantitative estimate of drug-likeness (QED) is 0.635. The summed E-state index contributed by atoms with van der Waals surface area (Å²) in [5.74, 6) is -1.61. The van der Waals surface area contributed by atoms with Crippen LogP contribution in [0.1, 0.15) is 13.3 Å². The lowest BCUT2D eigenvalue weighted by molar-refractivity contribution is -0.135. The number of carboxylic acid groups (broad SMARTS) is 1. The Morgan fingerprint density at radius 2 is 2.00 bits per heavy atom. The van der Waals surface area contributed by atoms with Gasteiger partial charge in [-0.3, -0.25) is 9.59 Å². The molecule has 1 unspecified atom stereocenters. The van der Waals surface area contributed by atoms with E-state index in [0.717, 1.165) is 0 Å². The number of benzene rings is 1. The van der Waals surface area contributed by atoms with E-state index >= 15 is 0 Å². The Hall–Kier alpha value is -2.24. The summed E-state index contributed by atoms with van der Waals surface area (Å²) < 4.78 is 0. The Bertz CT molecular complexity index is 448. The molecule has 0 saturated heterocycles. The second-order valence-electron chi connectivity index (χ2n) is 3.91. The van der Waals surface area contributed by atoms with Crippen LogP contribution < -0.4 is 16.4 Å². The van der Waals surface area contributed by atoms with Crippen LogP contribution >= 0.6 is 0 Å². The SMILES string of the molecule is CCC(C(N)=O)N(CC(=O)O)c1ccccc1N. The maximum absolute atomic E-state index is 11.4. The van der Waals surface area contributed by atoms with Gasteiger partial charge >= 0.3 is 5.97 Å². The van der Waals surface area contributed by atoms with E-state index in [2.05, 4.69) is 0 Å². The number of nitrogens with two attached hydrogens (primary N) is 2. The number of primary amides is 1. The van der Waals surface area contributed by atoms with E-state index in [-0.39, 0.29) is 6.54 Å². The van der Waals surface area contributed by atoms with Crippen LogP contribution in [0.15, 0.2) is 24.3 Å². The largest absolute Gasteiger partial charge is 0.480 e. The van der Waals surface area contributed by atoms with Crippen LogP contribution in [0, 0.1) is 0 Å². The topological polar surface area (TPSA) is 110 Å². The van der Waals surface area contributed by atoms with Crippen LogP contribution in [-0.2, 0) is 9.59 Å². The molecule has 0 aliphatic carbocycles. The van der Waals surface area contributed by atoms with Crippen molar-refractivity contribution in [2.24, 2.45) is 5.73 Å². The predicted octanol–water partition coefficient (Wildman–Crippen LogP) is 0.424. The summed E-state index contributed by atoms with van der Waals surface area (Å²) in [6.07, 6.45) is 0.414. The number of aliphatic carboxylic acids is 1. The maximum atomic E-state index is 11.4. The predicted molar refractivity (Wildman–Crippen MR) is 69.1 cm³/mol. The summed E-state index contributed by atoms with van der Waals surface area (Å²) >= 11 is 0. The number of para-hydroxylation sites is 2. The van der Waals surface area contributed by atoms with Crippen molar-refractivity contribution < 1.29 is 14.7 Å². The number of rotatable bonds is 6. The Morgan fingerprint density at radius 1 is 1.39 bits per heavy atom. The third kappa shape index (κ3) is 3.13. The van der Waals surface area contributed by atoms with Crippen molar-refractivity contribution in [3.8, 4) is 0 Å². The minimum atomic E-state index is -1.04. The van der Waals surface area contributed by atoms with E-state index in [1.165, 1.54) is 4.90 Å². The summed E-state index contributed by atoms with van der Waals surface area (Å²) in [6, 6.07) is 6.10. The highest BCUT2D eigenvalue weighted by Crippen LogP contribution is 2.25. The molecule has 1 aromatic rings. The zero-order chi connectivity index (χ0) is 13.7. The minimum Gasteiger partial charge on any atom is -0.480 e. The highest BCUT2D eigenvalue weighted by atomic mass is 16.4. The highest BCUT2D eigenvalue weighted by Gasteiger charge is 2.25. The van der Waals surface area contributed by atoms with Crippen molar-refractivity contribution in [3.05, 3.63) is 24.3 Å². The summed E-state index contributed by atoms with van der Waals surface area (Å²) in [7, 11) is 0. The monoisotopic (exact) mass is 251 g/mol. The number of carbonyl (C=O) groups excluding carboxylic acids is 1. The number of nitrogen functional groups attached to an aromatic ring is 1. The molecule has 6 heteroatoms. The van der Waals surface area contributed by atoms with Crippen molar-refractivity contribution in [1.29, 1.82) is 0 Å². The van der Waals surface area contributed by atoms with E-state index in [1.54, 1.807) is 31.2 Å². The Labute approximate surface area is 105 Å². The Balaban J connectivity index is 3.16. The van der Waals surface area contributed by atoms with Gasteiger partial charge in [0.25, 0.3) is 0 Å². The summed E-state index contributed by atoms with van der Waals surface area (Å²) in [6.45, 7) is 1.44. The van der Waals surface area contributed by atoms with Crippen LogP contribution in [-0.4, -0.2) is 29.6 Å². The van der Waals surface area contributed by atoms with E-state index in [0.29, 0.717) is 17.8 Å². The first-order chi connectivity index (χ1) is 8.47. The van der Waals surface area contributed by atoms with E-state index in [9.17, 15) is 9.59 Å². The number of carbonyl (C=O) groups is 2. The number of hydrogen-bond acceptors (Lipinski definition) is 4. The molecule has 0 bridgehead atoms. The molecule has 0 radical (unpaired) electrons. The number of hydrogen-bond donors (Lipinski definition) is 3. The maximum Gasteiger partial charge on any atom is 0.323 e. The second kappa shape index (κ2) is 5.90. The summed E-state index contributed by atoms with van der Waals surface area (Å²) in [5.41, 5.74) is 12.0. The van der Waals surface area contributed by atoms with Gasteiger partial charge in [0.15, 0.2) is 0 Å². The van der Waals surface area contributed by atoms with Gasteiger partial charge in [-0.25, -0.2) is 0 Å². The van der Waals surface area contributed by atoms with Crippen LogP contribution in [0.5, 0.6) is 0 Å². The summed E-state index contributed by atoms with van der Waals surface area (Å²) in [4.78, 5) is 23.7. The lowest BCUT2D eigenvalue weighted by atomic mass is 10.1. The zero-order valence-corrected chi connectivity index (χ0v) is 10.2. The third-order valence-corrected chi connectivity index (χ3v) is 2.64. The fourth-order valence-electron chi connectivity index (χ4n) is 1.83. The van der Waals surface area contributed by atoms with Gasteiger partial charge in [0.2, 0.25) is 5.91 Å². The van der Waals surface area contributed by atoms with Gasteiger partial charge in [0.05, 0.1) is 11.4 Å². The highest BCUT2D eigenvalue weighted by molar-refractivity contribution is 5.88. The van der Waals surface area contributed by atoms with E-state index < -0.39 is 17.9 Å². The lowest BCUT2D eigenvalue weighted by Gasteiger charge is -2.30. The average molecular weight is 251 g/mol. The second-order valence-corrected chi connectivity index (χ2v) is 3.91. The van der Waals surface area contributed by atoms with Gasteiger partial charge in [0.1, 0.15) is 12.6 Å². The van der Waals surface area contributed by atoms with Crippen LogP contribution in [0.4, 0.5) is 11.4 Å². The van der Waals surface area contributed by atoms with Crippen LogP contribution in [0.25, 0.3) is 0 Å². The Kier molecular flexibility index (Phi) is 4.53. The van der Waals surface area contributed by atoms with Gasteiger partial charge in [-0.15, -0.1) is 0 Å². The van der Waals surface area contributed by atoms with Crippen LogP contribution in [0.3, 0.4) is 0 Å². The molecule has 5 N–H and O–H groups in total. The molecular weight excluding hydrogens is 234 g/mol. The average Bonchev–Trinajstić information content (AvgIpc) is 2.28. The van der Waals surface area contributed by atoms with E-state index in [4.69, 9.17) is 16.6 Å². The number of carboxylic acids is 1. The van der Waals surface area contributed by atoms with Gasteiger partial charge < -0.3 is 21.5 Å². The van der Waals surface area contributed by atoms with Crippen molar-refractivity contribution in [1.82, 2.24) is 0 Å². The summed E-state index contributed by atoms with van der Waals surface area (Å²) in [5, 5.41) is 8.93. The molecule has 0 aliphatic heterocycles. The lowest BCUT2D eigenvalue weighted by Crippen LogP contribution is -2.47. The molecule has 1 aromatic carbocycles. The Morgan fingerprint density at radius 3 is 2.44 bits per heavy atom. The molecule has 0 spiro atoms. The molecule has 0 saturated carbocycles. The zero-order valence-electron chi connectivity index (χ0n) is 10.2. The fourth-order valence-corrected chi connectivity index (χ4v) is 1.83. The van der Waals surface area contributed by atoms with Gasteiger partial charge in [-0.05, 0) is 18.6 Å². The van der Waals surface area contributed by atoms with E-state index in [1.807, 2.05) is 0 Å². The first-order valence-electron chi connectivity index (χ1n) is 5.59. The molecule has 18 heavy (non-hydrogen) atoms. The van der Waals surface area contributed by atoms with Crippen molar-refractivity contribution in [2.75, 3.05) is 17.2 Å². The standard InChI is InChI=1S/C12H17N3O3/c1-2-9(12(14)18)15(7-11(16)17)10-6-4-3-5-8(10)13/h3-6,9H,2,7,13H2,1H3,(H2,14,18)(H,16,17).